The minimum absolute atomic E-state index is 0.00998. The molecule has 0 radical (unpaired) electrons. The van der Waals surface area contributed by atoms with Crippen LogP contribution >= 0.6 is 0 Å². The highest BCUT2D eigenvalue weighted by Crippen LogP contribution is 2.63. The van der Waals surface area contributed by atoms with E-state index in [9.17, 15) is 29.1 Å². The predicted octanol–water partition coefficient (Wildman–Crippen LogP) is 6.07. The van der Waals surface area contributed by atoms with Gasteiger partial charge >= 0.3 is 0 Å². The Morgan fingerprint density at radius 2 is 1.00 bits per heavy atom. The number of Topliss-reactive ketones (excluding diaryl/α,β-unsaturated/α-hetero) is 1. The van der Waals surface area contributed by atoms with Crippen LogP contribution in [0.2, 0.25) is 0 Å². The van der Waals surface area contributed by atoms with E-state index in [0.717, 1.165) is 57.8 Å². The van der Waals surface area contributed by atoms with Gasteiger partial charge in [0.1, 0.15) is 5.78 Å². The summed E-state index contributed by atoms with van der Waals surface area (Å²) in [6.07, 6.45) is 11.2. The molecule has 8 aliphatic carbocycles. The first-order chi connectivity index (χ1) is 23.1. The zero-order valence-electron chi connectivity index (χ0n) is 27.6. The Hall–Kier alpha value is -3.65. The molecule has 4 amide bonds. The molecule has 4 unspecified atom stereocenters. The second-order valence-corrected chi connectivity index (χ2v) is 16.8. The molecule has 10 aliphatic rings. The summed E-state index contributed by atoms with van der Waals surface area (Å²) < 4.78 is 0. The highest BCUT2D eigenvalue weighted by atomic mass is 16.3. The minimum atomic E-state index is -0.536. The van der Waals surface area contributed by atoms with Crippen molar-refractivity contribution in [3.8, 4) is 0 Å². The summed E-state index contributed by atoms with van der Waals surface area (Å²) in [5.74, 6) is 2.42. The van der Waals surface area contributed by atoms with Crippen LogP contribution in [0.3, 0.4) is 0 Å². The Labute approximate surface area is 281 Å². The average molecular weight is 649 g/mol. The van der Waals surface area contributed by atoms with Gasteiger partial charge in [0.25, 0.3) is 23.6 Å². The molecule has 2 aromatic rings. The summed E-state index contributed by atoms with van der Waals surface area (Å²) in [4.78, 5) is 66.8. The Balaban J connectivity index is 0.000000132. The van der Waals surface area contributed by atoms with E-state index in [1.165, 1.54) is 11.3 Å². The molecule has 8 saturated carbocycles. The number of benzene rings is 2. The summed E-state index contributed by atoms with van der Waals surface area (Å²) in [6, 6.07) is 14.3. The lowest BCUT2D eigenvalue weighted by Crippen LogP contribution is -2.62. The number of hydrogen-bond acceptors (Lipinski definition) is 6. The summed E-state index contributed by atoms with van der Waals surface area (Å²) >= 11 is 0. The van der Waals surface area contributed by atoms with Gasteiger partial charge in [-0.3, -0.25) is 33.8 Å². The lowest BCUT2D eigenvalue weighted by Gasteiger charge is -2.61. The molecule has 0 saturated heterocycles. The van der Waals surface area contributed by atoms with Crippen molar-refractivity contribution in [2.24, 2.45) is 40.9 Å². The van der Waals surface area contributed by atoms with Crippen molar-refractivity contribution in [3.05, 3.63) is 70.8 Å². The van der Waals surface area contributed by atoms with Crippen LogP contribution in [0.15, 0.2) is 48.5 Å². The Bertz CT molecular complexity index is 1660. The van der Waals surface area contributed by atoms with Crippen LogP contribution in [0, 0.1) is 40.9 Å². The molecule has 0 spiro atoms. The van der Waals surface area contributed by atoms with Gasteiger partial charge in [0.2, 0.25) is 0 Å². The number of carbonyl (C=O) groups is 5. The zero-order valence-corrected chi connectivity index (χ0v) is 27.6. The molecule has 48 heavy (non-hydrogen) atoms. The van der Waals surface area contributed by atoms with Crippen molar-refractivity contribution in [1.29, 1.82) is 0 Å². The molecule has 0 aromatic heterocycles. The van der Waals surface area contributed by atoms with Gasteiger partial charge in [-0.1, -0.05) is 31.2 Å². The number of carbonyl (C=O) groups excluding carboxylic acids is 5. The first-order valence-electron chi connectivity index (χ1n) is 18.2. The van der Waals surface area contributed by atoms with Crippen molar-refractivity contribution in [1.82, 2.24) is 9.80 Å². The first kappa shape index (κ1) is 30.4. The largest absolute Gasteiger partial charge is 0.390 e. The molecule has 8 bridgehead atoms. The minimum Gasteiger partial charge on any atom is -0.390 e. The van der Waals surface area contributed by atoms with Gasteiger partial charge in [-0.05, 0) is 129 Å². The van der Waals surface area contributed by atoms with Gasteiger partial charge in [0.15, 0.2) is 0 Å². The van der Waals surface area contributed by atoms with Crippen LogP contribution in [-0.2, 0) is 4.79 Å². The molecule has 4 atom stereocenters. The monoisotopic (exact) mass is 648 g/mol. The van der Waals surface area contributed by atoms with Crippen LogP contribution in [0.4, 0.5) is 0 Å². The summed E-state index contributed by atoms with van der Waals surface area (Å²) in [5, 5.41) is 10.7. The van der Waals surface area contributed by atoms with E-state index >= 15 is 0 Å². The number of imide groups is 2. The molecule has 12 rings (SSSR count). The fourth-order valence-electron chi connectivity index (χ4n) is 12.7. The third-order valence-electron chi connectivity index (χ3n) is 13.8. The average Bonchev–Trinajstić information content (AvgIpc) is 3.44. The lowest BCUT2D eigenvalue weighted by atomic mass is 9.46. The van der Waals surface area contributed by atoms with Crippen molar-refractivity contribution < 1.29 is 29.1 Å². The highest BCUT2D eigenvalue weighted by Gasteiger charge is 2.60. The molecule has 8 heteroatoms. The van der Waals surface area contributed by atoms with Gasteiger partial charge in [-0.25, -0.2) is 0 Å². The topological polar surface area (TPSA) is 112 Å². The van der Waals surface area contributed by atoms with E-state index in [0.29, 0.717) is 64.6 Å². The number of nitrogens with zero attached hydrogens (tertiary/aromatic N) is 2. The lowest BCUT2D eigenvalue weighted by molar-refractivity contribution is -0.149. The van der Waals surface area contributed by atoms with Crippen LogP contribution in [0.5, 0.6) is 0 Å². The van der Waals surface area contributed by atoms with Gasteiger partial charge in [0.05, 0.1) is 27.9 Å². The SMILES string of the molecule is CCC(=O)CC12CC3CC(C1)C(N1C(=O)c4ccccc4C1=O)C(C3)C2.O=C1c2ccccc2C(=O)N1C1C2CC3CC1CC(O)(C3)C2. The van der Waals surface area contributed by atoms with Crippen LogP contribution in [0.1, 0.15) is 125 Å². The molecule has 8 fully saturated rings. The summed E-state index contributed by atoms with van der Waals surface area (Å²) in [7, 11) is 0. The predicted molar refractivity (Wildman–Crippen MR) is 176 cm³/mol. The normalized spacial score (nSPS) is 39.5. The second kappa shape index (κ2) is 10.7. The van der Waals surface area contributed by atoms with E-state index in [2.05, 4.69) is 0 Å². The number of fused-ring (bicyclic) bond motifs is 2. The van der Waals surface area contributed by atoms with E-state index in [4.69, 9.17) is 0 Å². The third kappa shape index (κ3) is 4.46. The van der Waals surface area contributed by atoms with Crippen molar-refractivity contribution in [2.75, 3.05) is 0 Å². The molecular formula is C40H44N2O6. The number of hydrogen-bond donors (Lipinski definition) is 1. The number of rotatable bonds is 5. The smallest absolute Gasteiger partial charge is 0.261 e. The van der Waals surface area contributed by atoms with Gasteiger partial charge in [-0.15, -0.1) is 0 Å². The second-order valence-electron chi connectivity index (χ2n) is 16.8. The standard InChI is InChI=1S/C22H25NO3.C18H19NO3/c1-2-16(24)12-22-9-13-7-14(10-22)19(15(8-13)11-22)23-20(25)17-5-3-4-6-18(17)21(23)26;20-16-13-3-1-2-4-14(13)17(21)19(16)15-11-5-10-6-12(15)9-18(22,7-10)8-11/h3-6,13-15,19H,2,7-12H2,1H3;1-4,10-12,15,22H,5-9H2. The molecule has 250 valence electrons. The van der Waals surface area contributed by atoms with Gasteiger partial charge < -0.3 is 5.11 Å². The van der Waals surface area contributed by atoms with E-state index in [-0.39, 0.29) is 53.0 Å². The zero-order chi connectivity index (χ0) is 33.1. The maximum Gasteiger partial charge on any atom is 0.261 e. The van der Waals surface area contributed by atoms with E-state index in [1.807, 2.05) is 31.2 Å². The van der Waals surface area contributed by atoms with E-state index < -0.39 is 5.60 Å². The van der Waals surface area contributed by atoms with Crippen molar-refractivity contribution in [2.45, 2.75) is 102 Å². The maximum absolute atomic E-state index is 13.0. The Kier molecular flexibility index (Phi) is 6.76. The van der Waals surface area contributed by atoms with E-state index in [1.54, 1.807) is 29.2 Å². The third-order valence-corrected chi connectivity index (χ3v) is 13.8. The van der Waals surface area contributed by atoms with Gasteiger partial charge in [-0.2, -0.15) is 0 Å². The summed E-state index contributed by atoms with van der Waals surface area (Å²) in [6.45, 7) is 1.95. The number of ketones is 1. The molecular weight excluding hydrogens is 604 g/mol. The maximum atomic E-state index is 13.0. The molecule has 2 heterocycles. The van der Waals surface area contributed by atoms with Crippen molar-refractivity contribution >= 4 is 29.4 Å². The molecule has 2 aromatic carbocycles. The molecule has 1 N–H and O–H groups in total. The molecule has 8 nitrogen and oxygen atoms in total. The van der Waals surface area contributed by atoms with Gasteiger partial charge in [0, 0.05) is 24.9 Å². The van der Waals surface area contributed by atoms with Crippen LogP contribution in [-0.4, -0.2) is 62.0 Å². The highest BCUT2D eigenvalue weighted by molar-refractivity contribution is 6.22. The number of aliphatic hydroxyl groups is 1. The first-order valence-corrected chi connectivity index (χ1v) is 18.2. The van der Waals surface area contributed by atoms with Crippen LogP contribution in [0.25, 0.3) is 0 Å². The Morgan fingerprint density at radius 1 is 0.625 bits per heavy atom. The van der Waals surface area contributed by atoms with Crippen molar-refractivity contribution in [3.63, 3.8) is 0 Å². The number of amides is 4. The quantitative estimate of drug-likeness (QED) is 0.394. The summed E-state index contributed by atoms with van der Waals surface area (Å²) in [5.41, 5.74) is 1.80. The molecule has 2 aliphatic heterocycles. The van der Waals surface area contributed by atoms with Crippen LogP contribution < -0.4 is 0 Å². The fourth-order valence-corrected chi connectivity index (χ4v) is 12.7. The Morgan fingerprint density at radius 3 is 1.38 bits per heavy atom. The fraction of sp³-hybridized carbons (Fsp3) is 0.575.